The van der Waals surface area contributed by atoms with E-state index in [0.29, 0.717) is 0 Å². The third kappa shape index (κ3) is 4.26. The fourth-order valence-corrected chi connectivity index (χ4v) is 2.96. The highest BCUT2D eigenvalue weighted by Gasteiger charge is 2.27. The monoisotopic (exact) mass is 251 g/mol. The first kappa shape index (κ1) is 15.5. The highest BCUT2D eigenvalue weighted by Crippen LogP contribution is 2.21. The Kier molecular flexibility index (Phi) is 6.67. The van der Waals surface area contributed by atoms with Crippen LogP contribution in [0.4, 0.5) is 0 Å². The average molecular weight is 251 g/mol. The van der Waals surface area contributed by atoms with Gasteiger partial charge < -0.3 is 4.90 Å². The third-order valence-corrected chi connectivity index (χ3v) is 4.36. The lowest BCUT2D eigenvalue weighted by Crippen LogP contribution is -2.43. The summed E-state index contributed by atoms with van der Waals surface area (Å²) in [5.74, 6) is 0.908. The molecular formula is C15H29N3. The summed E-state index contributed by atoms with van der Waals surface area (Å²) in [6, 6.07) is 2.48. The molecule has 0 spiro atoms. The van der Waals surface area contributed by atoms with Crippen LogP contribution in [0.25, 0.3) is 0 Å². The van der Waals surface area contributed by atoms with E-state index in [1.54, 1.807) is 0 Å². The lowest BCUT2D eigenvalue weighted by Gasteiger charge is -2.27. The van der Waals surface area contributed by atoms with Crippen molar-refractivity contribution >= 4 is 0 Å². The molecule has 1 fully saturated rings. The quantitative estimate of drug-likeness (QED) is 0.721. The topological polar surface area (TPSA) is 39.1 Å². The molecule has 0 aromatic heterocycles. The van der Waals surface area contributed by atoms with Crippen LogP contribution in [0.1, 0.15) is 52.9 Å². The van der Waals surface area contributed by atoms with Gasteiger partial charge in [-0.3, -0.25) is 5.32 Å². The fourth-order valence-electron chi connectivity index (χ4n) is 2.96. The summed E-state index contributed by atoms with van der Waals surface area (Å²) in [7, 11) is 0. The van der Waals surface area contributed by atoms with Gasteiger partial charge in [0, 0.05) is 6.54 Å². The molecule has 3 heteroatoms. The van der Waals surface area contributed by atoms with Crippen molar-refractivity contribution in [2.75, 3.05) is 26.2 Å². The highest BCUT2D eigenvalue weighted by atomic mass is 15.1. The molecule has 2 unspecified atom stereocenters. The molecular weight excluding hydrogens is 222 g/mol. The van der Waals surface area contributed by atoms with Crippen LogP contribution >= 0.6 is 0 Å². The Morgan fingerprint density at radius 2 is 2.17 bits per heavy atom. The average Bonchev–Trinajstić information content (AvgIpc) is 2.85. The van der Waals surface area contributed by atoms with E-state index < -0.39 is 0 Å². The van der Waals surface area contributed by atoms with Crippen LogP contribution in [0.5, 0.6) is 0 Å². The van der Waals surface area contributed by atoms with Crippen LogP contribution in [-0.2, 0) is 0 Å². The van der Waals surface area contributed by atoms with Crippen molar-refractivity contribution in [2.24, 2.45) is 5.92 Å². The summed E-state index contributed by atoms with van der Waals surface area (Å²) in [5.41, 5.74) is -0.293. The maximum Gasteiger partial charge on any atom is 0.106 e. The third-order valence-electron chi connectivity index (χ3n) is 4.36. The van der Waals surface area contributed by atoms with Crippen molar-refractivity contribution in [3.05, 3.63) is 0 Å². The molecule has 0 radical (unpaired) electrons. The molecule has 1 heterocycles. The van der Waals surface area contributed by atoms with Gasteiger partial charge in [0.25, 0.3) is 0 Å². The van der Waals surface area contributed by atoms with Crippen molar-refractivity contribution in [1.29, 1.82) is 5.26 Å². The van der Waals surface area contributed by atoms with Crippen molar-refractivity contribution in [1.82, 2.24) is 10.2 Å². The summed E-state index contributed by atoms with van der Waals surface area (Å²) >= 11 is 0. The SMILES string of the molecule is CCNC(C#N)(CC)CCCN1CCC(CC)C1. The number of hydrogen-bond donors (Lipinski definition) is 1. The Morgan fingerprint density at radius 3 is 2.67 bits per heavy atom. The number of likely N-dealkylation sites (tertiary alicyclic amines) is 1. The second-order valence-electron chi connectivity index (χ2n) is 5.54. The first-order valence-electron chi connectivity index (χ1n) is 7.58. The zero-order valence-electron chi connectivity index (χ0n) is 12.3. The van der Waals surface area contributed by atoms with E-state index in [9.17, 15) is 5.26 Å². The summed E-state index contributed by atoms with van der Waals surface area (Å²) in [4.78, 5) is 2.57. The van der Waals surface area contributed by atoms with Gasteiger partial charge in [0.15, 0.2) is 0 Å². The first-order valence-corrected chi connectivity index (χ1v) is 7.58. The molecule has 1 saturated heterocycles. The van der Waals surface area contributed by atoms with Gasteiger partial charge in [0.2, 0.25) is 0 Å². The van der Waals surface area contributed by atoms with E-state index >= 15 is 0 Å². The Morgan fingerprint density at radius 1 is 1.39 bits per heavy atom. The van der Waals surface area contributed by atoms with Crippen molar-refractivity contribution in [3.63, 3.8) is 0 Å². The van der Waals surface area contributed by atoms with Gasteiger partial charge in [-0.25, -0.2) is 0 Å². The smallest absolute Gasteiger partial charge is 0.106 e. The van der Waals surface area contributed by atoms with Gasteiger partial charge >= 0.3 is 0 Å². The summed E-state index contributed by atoms with van der Waals surface area (Å²) < 4.78 is 0. The van der Waals surface area contributed by atoms with Crippen LogP contribution in [0.3, 0.4) is 0 Å². The summed E-state index contributed by atoms with van der Waals surface area (Å²) in [6.45, 7) is 11.0. The molecule has 0 aromatic rings. The second-order valence-corrected chi connectivity index (χ2v) is 5.54. The Bertz CT molecular complexity index is 271. The minimum atomic E-state index is -0.293. The van der Waals surface area contributed by atoms with Crippen LogP contribution < -0.4 is 5.32 Å². The minimum Gasteiger partial charge on any atom is -0.303 e. The van der Waals surface area contributed by atoms with Gasteiger partial charge in [-0.15, -0.1) is 0 Å². The van der Waals surface area contributed by atoms with Gasteiger partial charge in [-0.05, 0) is 51.2 Å². The molecule has 0 saturated carbocycles. The number of hydrogen-bond acceptors (Lipinski definition) is 3. The number of nitrogens with zero attached hydrogens (tertiary/aromatic N) is 2. The summed E-state index contributed by atoms with van der Waals surface area (Å²) in [6.07, 6.45) is 5.67. The van der Waals surface area contributed by atoms with E-state index in [4.69, 9.17) is 0 Å². The van der Waals surface area contributed by atoms with Crippen LogP contribution in [0, 0.1) is 17.2 Å². The molecule has 0 amide bonds. The number of nitrogens with one attached hydrogen (secondary N) is 1. The van der Waals surface area contributed by atoms with Gasteiger partial charge in [-0.2, -0.15) is 5.26 Å². The van der Waals surface area contributed by atoms with Gasteiger partial charge in [-0.1, -0.05) is 27.2 Å². The Hall–Kier alpha value is -0.590. The molecule has 18 heavy (non-hydrogen) atoms. The van der Waals surface area contributed by atoms with Gasteiger partial charge in [0.1, 0.15) is 5.54 Å². The van der Waals surface area contributed by atoms with E-state index in [1.807, 2.05) is 0 Å². The Labute approximate surface area is 113 Å². The van der Waals surface area contributed by atoms with Crippen LogP contribution in [-0.4, -0.2) is 36.6 Å². The standard InChI is InChI=1S/C15H29N3/c1-4-14-8-11-18(12-14)10-7-9-15(5-2,13-16)17-6-3/h14,17H,4-12H2,1-3H3. The minimum absolute atomic E-state index is 0.293. The maximum atomic E-state index is 9.35. The van der Waals surface area contributed by atoms with Crippen molar-refractivity contribution in [3.8, 4) is 6.07 Å². The van der Waals surface area contributed by atoms with E-state index in [0.717, 1.165) is 38.3 Å². The van der Waals surface area contributed by atoms with Crippen LogP contribution in [0.15, 0.2) is 0 Å². The normalized spacial score (nSPS) is 23.8. The lowest BCUT2D eigenvalue weighted by molar-refractivity contribution is 0.288. The molecule has 3 nitrogen and oxygen atoms in total. The molecule has 1 aliphatic heterocycles. The van der Waals surface area contributed by atoms with Gasteiger partial charge in [0.05, 0.1) is 6.07 Å². The molecule has 0 aliphatic carbocycles. The molecule has 1 aliphatic rings. The van der Waals surface area contributed by atoms with Crippen molar-refractivity contribution in [2.45, 2.75) is 58.4 Å². The van der Waals surface area contributed by atoms with E-state index in [2.05, 4.69) is 37.1 Å². The predicted octanol–water partition coefficient (Wildman–Crippen LogP) is 2.78. The molecule has 0 aromatic carbocycles. The first-order chi connectivity index (χ1) is 8.69. The summed E-state index contributed by atoms with van der Waals surface area (Å²) in [5, 5.41) is 12.7. The molecule has 1 rings (SSSR count). The lowest BCUT2D eigenvalue weighted by atomic mass is 9.92. The highest BCUT2D eigenvalue weighted by molar-refractivity contribution is 5.06. The van der Waals surface area contributed by atoms with E-state index in [1.165, 1.54) is 25.9 Å². The zero-order chi connectivity index (χ0) is 13.4. The molecule has 104 valence electrons. The second kappa shape index (κ2) is 7.76. The zero-order valence-corrected chi connectivity index (χ0v) is 12.3. The van der Waals surface area contributed by atoms with E-state index in [-0.39, 0.29) is 5.54 Å². The largest absolute Gasteiger partial charge is 0.303 e. The maximum absolute atomic E-state index is 9.35. The molecule has 1 N–H and O–H groups in total. The number of nitriles is 1. The van der Waals surface area contributed by atoms with Crippen molar-refractivity contribution < 1.29 is 0 Å². The molecule has 0 bridgehead atoms. The fraction of sp³-hybridized carbons (Fsp3) is 0.933. The molecule has 2 atom stereocenters. The van der Waals surface area contributed by atoms with Crippen LogP contribution in [0.2, 0.25) is 0 Å². The number of rotatable bonds is 8. The predicted molar refractivity (Wildman–Crippen MR) is 76.4 cm³/mol. The Balaban J connectivity index is 2.29.